The second-order valence-corrected chi connectivity index (χ2v) is 13.9. The minimum atomic E-state index is -0.996. The van der Waals surface area contributed by atoms with Gasteiger partial charge in [0, 0.05) is 43.0 Å². The monoisotopic (exact) mass is 668 g/mol. The predicted molar refractivity (Wildman–Crippen MR) is 183 cm³/mol. The summed E-state index contributed by atoms with van der Waals surface area (Å²) in [6, 6.07) is 15.9. The lowest BCUT2D eigenvalue weighted by atomic mass is 10.0. The number of benzene rings is 2. The van der Waals surface area contributed by atoms with E-state index in [1.165, 1.54) is 27.6 Å². The average molecular weight is 669 g/mol. The van der Waals surface area contributed by atoms with E-state index in [0.29, 0.717) is 23.1 Å². The zero-order valence-corrected chi connectivity index (χ0v) is 27.4. The molecule has 4 aromatic heterocycles. The summed E-state index contributed by atoms with van der Waals surface area (Å²) in [6.07, 6.45) is 5.91. The van der Waals surface area contributed by atoms with E-state index >= 15 is 0 Å². The molecule has 12 heteroatoms. The van der Waals surface area contributed by atoms with E-state index in [9.17, 15) is 18.4 Å². The maximum Gasteiger partial charge on any atom is 0.234 e. The minimum absolute atomic E-state index is 0.190. The molecule has 0 saturated heterocycles. The van der Waals surface area contributed by atoms with Gasteiger partial charge in [0.25, 0.3) is 0 Å². The number of hydrogen-bond acceptors (Lipinski definition) is 8. The highest BCUT2D eigenvalue weighted by atomic mass is 32.1. The molecule has 238 valence electrons. The summed E-state index contributed by atoms with van der Waals surface area (Å²) >= 11 is 2.85. The van der Waals surface area contributed by atoms with Crippen LogP contribution in [-0.2, 0) is 9.59 Å². The topological polar surface area (TPSA) is 101 Å². The van der Waals surface area contributed by atoms with Gasteiger partial charge in [-0.25, -0.2) is 18.7 Å². The van der Waals surface area contributed by atoms with Crippen molar-refractivity contribution in [3.63, 3.8) is 0 Å². The summed E-state index contributed by atoms with van der Waals surface area (Å²) in [5.41, 5.74) is 8.27. The third kappa shape index (κ3) is 6.48. The Hall–Kier alpha value is -4.68. The van der Waals surface area contributed by atoms with Crippen LogP contribution < -0.4 is 10.2 Å². The predicted octanol–water partition coefficient (Wildman–Crippen LogP) is 7.95. The molecule has 47 heavy (non-hydrogen) atoms. The van der Waals surface area contributed by atoms with Crippen molar-refractivity contribution in [2.45, 2.75) is 39.0 Å². The molecule has 8 nitrogen and oxygen atoms in total. The van der Waals surface area contributed by atoms with Gasteiger partial charge >= 0.3 is 0 Å². The van der Waals surface area contributed by atoms with Crippen LogP contribution in [0.5, 0.6) is 0 Å². The van der Waals surface area contributed by atoms with Crippen LogP contribution >= 0.6 is 22.7 Å². The lowest BCUT2D eigenvalue weighted by Gasteiger charge is -2.12. The second-order valence-electron chi connectivity index (χ2n) is 11.9. The van der Waals surface area contributed by atoms with Gasteiger partial charge in [-0.2, -0.15) is 0 Å². The van der Waals surface area contributed by atoms with Crippen molar-refractivity contribution in [2.75, 3.05) is 17.3 Å². The van der Waals surface area contributed by atoms with Gasteiger partial charge < -0.3 is 5.32 Å². The zero-order valence-electron chi connectivity index (χ0n) is 25.8. The number of thiazole rings is 2. The number of nitrogens with one attached hydrogen (secondary N) is 1. The fourth-order valence-corrected chi connectivity index (χ4v) is 7.18. The quantitative estimate of drug-likeness (QED) is 0.193. The number of carbonyl (C=O) groups is 2. The summed E-state index contributed by atoms with van der Waals surface area (Å²) in [4.78, 5) is 42.7. The van der Waals surface area contributed by atoms with Gasteiger partial charge in [0.1, 0.15) is 12.3 Å². The molecule has 0 aliphatic heterocycles. The Morgan fingerprint density at radius 1 is 0.787 bits per heavy atom. The molecule has 1 N–H and O–H groups in total. The number of fused-ring (bicyclic) bond motifs is 2. The van der Waals surface area contributed by atoms with Gasteiger partial charge in [-0.05, 0) is 85.3 Å². The Balaban J connectivity index is 0.000000150. The molecule has 2 aromatic carbocycles. The normalized spacial score (nSPS) is 19.6. The summed E-state index contributed by atoms with van der Waals surface area (Å²) < 4.78 is 28.0. The molecule has 4 heterocycles. The SMILES string of the molecule is Cc1ccncc1-c1ccc2nc(N(C)C(=O)[C@@H]3C[C@@H]3F)sc2c1.Cc1ccncc1-c1ccc2nc(NC(=O)[C@@H]3C[C@@H]3F)sc2c1. The van der Waals surface area contributed by atoms with Crippen LogP contribution in [0, 0.1) is 25.7 Å². The van der Waals surface area contributed by atoms with Crippen molar-refractivity contribution in [3.8, 4) is 22.3 Å². The fourth-order valence-electron chi connectivity index (χ4n) is 5.30. The smallest absolute Gasteiger partial charge is 0.234 e. The van der Waals surface area contributed by atoms with Gasteiger partial charge in [-0.3, -0.25) is 24.5 Å². The maximum atomic E-state index is 13.1. The minimum Gasteiger partial charge on any atom is -0.302 e. The number of alkyl halides is 2. The van der Waals surface area contributed by atoms with Crippen molar-refractivity contribution in [1.29, 1.82) is 0 Å². The number of aryl methyl sites for hydroxylation is 2. The van der Waals surface area contributed by atoms with Crippen LogP contribution in [0.4, 0.5) is 19.0 Å². The molecule has 2 aliphatic rings. The van der Waals surface area contributed by atoms with E-state index < -0.39 is 24.2 Å². The first-order chi connectivity index (χ1) is 22.7. The number of carbonyl (C=O) groups excluding carboxylic acids is 2. The average Bonchev–Trinajstić information content (AvgIpc) is 3.88. The van der Waals surface area contributed by atoms with Gasteiger partial charge in [-0.15, -0.1) is 0 Å². The van der Waals surface area contributed by atoms with Gasteiger partial charge in [-0.1, -0.05) is 34.8 Å². The molecule has 2 fully saturated rings. The van der Waals surface area contributed by atoms with E-state index in [1.54, 1.807) is 19.4 Å². The number of amides is 2. The fraction of sp³-hybridized carbons (Fsp3) is 0.257. The molecule has 0 spiro atoms. The number of aromatic nitrogens is 4. The standard InChI is InChI=1S/C18H16FN3OS.C17H14FN3OS/c1-10-5-6-20-9-13(10)11-3-4-15-16(7-11)24-18(21-15)22(2)17(23)12-8-14(12)19;1-9-4-5-19-8-12(9)10-2-3-14-15(6-10)23-17(20-14)21-16(22)11-7-13(11)18/h3-7,9,12,14H,8H2,1-2H3;2-6,8,11,13H,7H2,1H3,(H,20,21,22)/t12-,14+;11-,13+/m11/s1. The van der Waals surface area contributed by atoms with Crippen molar-refractivity contribution in [1.82, 2.24) is 19.9 Å². The number of hydrogen-bond donors (Lipinski definition) is 1. The van der Waals surface area contributed by atoms with Gasteiger partial charge in [0.05, 0.1) is 32.3 Å². The van der Waals surface area contributed by atoms with Crippen LogP contribution in [0.1, 0.15) is 24.0 Å². The van der Waals surface area contributed by atoms with E-state index in [2.05, 4.69) is 38.2 Å². The molecule has 0 unspecified atom stereocenters. The summed E-state index contributed by atoms with van der Waals surface area (Å²) in [5.74, 6) is -1.46. The molecular formula is C35H30F2N6O2S2. The zero-order chi connectivity index (χ0) is 32.8. The largest absolute Gasteiger partial charge is 0.302 e. The Morgan fingerprint density at radius 2 is 1.32 bits per heavy atom. The highest BCUT2D eigenvalue weighted by Crippen LogP contribution is 2.39. The number of rotatable bonds is 6. The van der Waals surface area contributed by atoms with E-state index in [1.807, 2.05) is 61.8 Å². The highest BCUT2D eigenvalue weighted by molar-refractivity contribution is 7.22. The second kappa shape index (κ2) is 12.5. The van der Waals surface area contributed by atoms with E-state index in [0.717, 1.165) is 53.8 Å². The molecule has 6 aromatic rings. The lowest BCUT2D eigenvalue weighted by Crippen LogP contribution is -2.28. The summed E-state index contributed by atoms with van der Waals surface area (Å²) in [5, 5.41) is 3.83. The van der Waals surface area contributed by atoms with Gasteiger partial charge in [0.15, 0.2) is 10.3 Å². The number of nitrogens with zero attached hydrogens (tertiary/aromatic N) is 5. The van der Waals surface area contributed by atoms with Crippen LogP contribution in [-0.4, -0.2) is 51.1 Å². The highest BCUT2D eigenvalue weighted by Gasteiger charge is 2.46. The first kappa shape index (κ1) is 30.9. The van der Waals surface area contributed by atoms with Crippen molar-refractivity contribution < 1.29 is 18.4 Å². The van der Waals surface area contributed by atoms with Gasteiger partial charge in [0.2, 0.25) is 11.8 Å². The third-order valence-corrected chi connectivity index (χ3v) is 10.4. The van der Waals surface area contributed by atoms with E-state index in [-0.39, 0.29) is 11.8 Å². The molecule has 2 saturated carbocycles. The number of anilines is 2. The van der Waals surface area contributed by atoms with Crippen LogP contribution in [0.2, 0.25) is 0 Å². The Kier molecular flexibility index (Phi) is 8.23. The number of pyridine rings is 2. The molecule has 0 radical (unpaired) electrons. The molecular weight excluding hydrogens is 639 g/mol. The first-order valence-corrected chi connectivity index (χ1v) is 16.8. The third-order valence-electron chi connectivity index (χ3n) is 8.39. The van der Waals surface area contributed by atoms with Crippen molar-refractivity contribution in [2.24, 2.45) is 11.8 Å². The molecule has 2 amide bonds. The lowest BCUT2D eigenvalue weighted by molar-refractivity contribution is -0.120. The Labute approximate surface area is 277 Å². The van der Waals surface area contributed by atoms with E-state index in [4.69, 9.17) is 0 Å². The number of halogens is 2. The Morgan fingerprint density at radius 3 is 1.85 bits per heavy atom. The van der Waals surface area contributed by atoms with Crippen LogP contribution in [0.25, 0.3) is 42.7 Å². The summed E-state index contributed by atoms with van der Waals surface area (Å²) in [6.45, 7) is 4.09. The molecule has 4 atom stereocenters. The Bertz CT molecular complexity index is 2150. The van der Waals surface area contributed by atoms with Crippen molar-refractivity contribution >= 4 is 65.2 Å². The molecule has 0 bridgehead atoms. The first-order valence-electron chi connectivity index (χ1n) is 15.2. The molecule has 2 aliphatic carbocycles. The summed E-state index contributed by atoms with van der Waals surface area (Å²) in [7, 11) is 1.66. The van der Waals surface area contributed by atoms with Crippen LogP contribution in [0.15, 0.2) is 73.3 Å². The molecule has 8 rings (SSSR count). The maximum absolute atomic E-state index is 13.1. The van der Waals surface area contributed by atoms with Crippen LogP contribution in [0.3, 0.4) is 0 Å². The van der Waals surface area contributed by atoms with Crippen molar-refractivity contribution in [3.05, 3.63) is 84.4 Å².